The molecule has 1 aromatic carbocycles. The minimum atomic E-state index is -0.422. The molecule has 0 spiro atoms. The van der Waals surface area contributed by atoms with Crippen LogP contribution >= 0.6 is 0 Å². The molecule has 5 nitrogen and oxygen atoms in total. The second-order valence-electron chi connectivity index (χ2n) is 5.74. The van der Waals surface area contributed by atoms with E-state index in [1.807, 2.05) is 30.3 Å². The Hall–Kier alpha value is -1.43. The van der Waals surface area contributed by atoms with Gasteiger partial charge in [-0.3, -0.25) is 4.79 Å². The summed E-state index contributed by atoms with van der Waals surface area (Å²) in [4.78, 5) is 12.3. The minimum Gasteiger partial charge on any atom is -0.376 e. The fourth-order valence-corrected chi connectivity index (χ4v) is 2.95. The monoisotopic (exact) mass is 305 g/mol. The first kappa shape index (κ1) is 15.5. The Bertz CT molecular complexity index is 467. The molecule has 120 valence electrons. The summed E-state index contributed by atoms with van der Waals surface area (Å²) in [5.41, 5.74) is 1.08. The molecule has 0 aromatic heterocycles. The minimum absolute atomic E-state index is 0.0412. The standard InChI is InChI=1S/C17H23NO4/c19-15(12-16-21-10-5-11-22-16)18-17(14-8-4-9-20-14)13-6-2-1-3-7-13/h1-3,6-7,14,16-17H,4-5,8-12H2,(H,18,19)/t14-,17+/m0/s1. The Morgan fingerprint density at radius 2 is 1.82 bits per heavy atom. The molecule has 5 heteroatoms. The van der Waals surface area contributed by atoms with Crippen LogP contribution in [0.1, 0.15) is 37.3 Å². The van der Waals surface area contributed by atoms with Crippen molar-refractivity contribution in [2.24, 2.45) is 0 Å². The van der Waals surface area contributed by atoms with Crippen LogP contribution in [0.3, 0.4) is 0 Å². The Labute approximate surface area is 130 Å². The Balaban J connectivity index is 1.63. The molecule has 2 aliphatic rings. The number of amides is 1. The second kappa shape index (κ2) is 7.72. The van der Waals surface area contributed by atoms with Crippen molar-refractivity contribution in [1.82, 2.24) is 5.32 Å². The predicted octanol–water partition coefficient (Wildman–Crippen LogP) is 2.18. The van der Waals surface area contributed by atoms with Crippen LogP contribution in [0.4, 0.5) is 0 Å². The zero-order valence-corrected chi connectivity index (χ0v) is 12.7. The van der Waals surface area contributed by atoms with Crippen LogP contribution < -0.4 is 5.32 Å². The molecule has 22 heavy (non-hydrogen) atoms. The number of benzene rings is 1. The van der Waals surface area contributed by atoms with E-state index >= 15 is 0 Å². The van der Waals surface area contributed by atoms with E-state index in [-0.39, 0.29) is 24.5 Å². The van der Waals surface area contributed by atoms with E-state index in [4.69, 9.17) is 14.2 Å². The molecule has 1 N–H and O–H groups in total. The van der Waals surface area contributed by atoms with Crippen LogP contribution in [0.15, 0.2) is 30.3 Å². The number of carbonyl (C=O) groups excluding carboxylic acids is 1. The maximum Gasteiger partial charge on any atom is 0.225 e. The van der Waals surface area contributed by atoms with Gasteiger partial charge in [-0.25, -0.2) is 0 Å². The van der Waals surface area contributed by atoms with Gasteiger partial charge in [0.2, 0.25) is 5.91 Å². The van der Waals surface area contributed by atoms with Crippen LogP contribution in [0, 0.1) is 0 Å². The number of rotatable bonds is 5. The highest BCUT2D eigenvalue weighted by atomic mass is 16.7. The average molecular weight is 305 g/mol. The van der Waals surface area contributed by atoms with E-state index in [0.29, 0.717) is 13.2 Å². The van der Waals surface area contributed by atoms with Crippen molar-refractivity contribution in [2.75, 3.05) is 19.8 Å². The molecule has 3 rings (SSSR count). The lowest BCUT2D eigenvalue weighted by atomic mass is 9.99. The van der Waals surface area contributed by atoms with Gasteiger partial charge in [0.15, 0.2) is 6.29 Å². The quantitative estimate of drug-likeness (QED) is 0.906. The fraction of sp³-hybridized carbons (Fsp3) is 0.588. The summed E-state index contributed by atoms with van der Waals surface area (Å²) in [6.45, 7) is 2.08. The largest absolute Gasteiger partial charge is 0.376 e. The summed E-state index contributed by atoms with van der Waals surface area (Å²) in [7, 11) is 0. The molecule has 2 heterocycles. The van der Waals surface area contributed by atoms with Gasteiger partial charge in [-0.05, 0) is 24.8 Å². The smallest absolute Gasteiger partial charge is 0.225 e. The van der Waals surface area contributed by atoms with Gasteiger partial charge in [0, 0.05) is 6.61 Å². The summed E-state index contributed by atoms with van der Waals surface area (Å²) in [5, 5.41) is 3.10. The van der Waals surface area contributed by atoms with E-state index in [1.54, 1.807) is 0 Å². The number of hydrogen-bond acceptors (Lipinski definition) is 4. The SMILES string of the molecule is O=C(CC1OCCCO1)N[C@H](c1ccccc1)[C@@H]1CCCO1. The predicted molar refractivity (Wildman–Crippen MR) is 81.2 cm³/mol. The molecule has 2 saturated heterocycles. The van der Waals surface area contributed by atoms with Crippen molar-refractivity contribution in [1.29, 1.82) is 0 Å². The molecule has 0 saturated carbocycles. The van der Waals surface area contributed by atoms with Gasteiger partial charge in [-0.15, -0.1) is 0 Å². The zero-order chi connectivity index (χ0) is 15.2. The number of carbonyl (C=O) groups is 1. The Morgan fingerprint density at radius 3 is 2.50 bits per heavy atom. The summed E-state index contributed by atoms with van der Waals surface area (Å²) in [6, 6.07) is 9.88. The molecular formula is C17H23NO4. The number of hydrogen-bond donors (Lipinski definition) is 1. The molecule has 0 radical (unpaired) electrons. The van der Waals surface area contributed by atoms with Gasteiger partial charge in [-0.1, -0.05) is 30.3 Å². The van der Waals surface area contributed by atoms with Crippen LogP contribution in [-0.2, 0) is 19.0 Å². The molecule has 2 aliphatic heterocycles. The first-order valence-electron chi connectivity index (χ1n) is 8.02. The lowest BCUT2D eigenvalue weighted by Gasteiger charge is -2.27. The van der Waals surface area contributed by atoms with E-state index < -0.39 is 6.29 Å². The molecule has 1 amide bonds. The molecule has 2 atom stereocenters. The third-order valence-corrected chi connectivity index (χ3v) is 4.06. The second-order valence-corrected chi connectivity index (χ2v) is 5.74. The van der Waals surface area contributed by atoms with Gasteiger partial charge in [-0.2, -0.15) is 0 Å². The van der Waals surface area contributed by atoms with Crippen LogP contribution in [-0.4, -0.2) is 38.1 Å². The summed E-state index contributed by atoms with van der Waals surface area (Å²) >= 11 is 0. The van der Waals surface area contributed by atoms with Gasteiger partial charge >= 0.3 is 0 Å². The Kier molecular flexibility index (Phi) is 5.43. The molecule has 0 bridgehead atoms. The highest BCUT2D eigenvalue weighted by Gasteiger charge is 2.29. The van der Waals surface area contributed by atoms with Gasteiger partial charge in [0.25, 0.3) is 0 Å². The van der Waals surface area contributed by atoms with Crippen LogP contribution in [0.5, 0.6) is 0 Å². The molecular weight excluding hydrogens is 282 g/mol. The summed E-state index contributed by atoms with van der Waals surface area (Å²) in [6.07, 6.45) is 2.75. The van der Waals surface area contributed by atoms with E-state index in [1.165, 1.54) is 0 Å². The van der Waals surface area contributed by atoms with Gasteiger partial charge < -0.3 is 19.5 Å². The van der Waals surface area contributed by atoms with Crippen LogP contribution in [0.2, 0.25) is 0 Å². The summed E-state index contributed by atoms with van der Waals surface area (Å²) in [5.74, 6) is -0.0590. The van der Waals surface area contributed by atoms with E-state index in [9.17, 15) is 4.79 Å². The maximum absolute atomic E-state index is 12.3. The summed E-state index contributed by atoms with van der Waals surface area (Å²) < 4.78 is 16.7. The van der Waals surface area contributed by atoms with Crippen molar-refractivity contribution in [3.63, 3.8) is 0 Å². The van der Waals surface area contributed by atoms with Crippen molar-refractivity contribution in [2.45, 2.75) is 44.1 Å². The van der Waals surface area contributed by atoms with Crippen LogP contribution in [0.25, 0.3) is 0 Å². The van der Waals surface area contributed by atoms with Gasteiger partial charge in [0.05, 0.1) is 31.8 Å². The fourth-order valence-electron chi connectivity index (χ4n) is 2.95. The first-order chi connectivity index (χ1) is 10.8. The average Bonchev–Trinajstić information content (AvgIpc) is 3.08. The van der Waals surface area contributed by atoms with Crippen molar-refractivity contribution in [3.8, 4) is 0 Å². The topological polar surface area (TPSA) is 56.8 Å². The van der Waals surface area contributed by atoms with Crippen molar-refractivity contribution < 1.29 is 19.0 Å². The lowest BCUT2D eigenvalue weighted by Crippen LogP contribution is -2.39. The van der Waals surface area contributed by atoms with Crippen molar-refractivity contribution in [3.05, 3.63) is 35.9 Å². The van der Waals surface area contributed by atoms with Crippen molar-refractivity contribution >= 4 is 5.91 Å². The van der Waals surface area contributed by atoms with E-state index in [2.05, 4.69) is 5.32 Å². The van der Waals surface area contributed by atoms with E-state index in [0.717, 1.165) is 31.4 Å². The maximum atomic E-state index is 12.3. The van der Waals surface area contributed by atoms with Gasteiger partial charge in [0.1, 0.15) is 0 Å². The third kappa shape index (κ3) is 4.06. The third-order valence-electron chi connectivity index (χ3n) is 4.06. The number of nitrogens with one attached hydrogen (secondary N) is 1. The highest BCUT2D eigenvalue weighted by Crippen LogP contribution is 2.27. The lowest BCUT2D eigenvalue weighted by molar-refractivity contribution is -0.184. The Morgan fingerprint density at radius 1 is 1.09 bits per heavy atom. The molecule has 0 unspecified atom stereocenters. The normalized spacial score (nSPS) is 24.1. The highest BCUT2D eigenvalue weighted by molar-refractivity contribution is 5.76. The number of ether oxygens (including phenoxy) is 3. The molecule has 1 aromatic rings. The molecule has 2 fully saturated rings. The zero-order valence-electron chi connectivity index (χ0n) is 12.7. The first-order valence-corrected chi connectivity index (χ1v) is 8.02. The molecule has 0 aliphatic carbocycles.